The fraction of sp³-hybridized carbons (Fsp3) is 0.250. The number of aromatic nitrogens is 3. The molecule has 0 aliphatic carbocycles. The van der Waals surface area contributed by atoms with E-state index in [1.807, 2.05) is 49.5 Å². The number of ether oxygens (including phenoxy) is 1. The van der Waals surface area contributed by atoms with Crippen LogP contribution >= 0.6 is 0 Å². The second-order valence-electron chi connectivity index (χ2n) is 6.06. The summed E-state index contributed by atoms with van der Waals surface area (Å²) in [5, 5.41) is 7.10. The van der Waals surface area contributed by atoms with Crippen molar-refractivity contribution in [1.29, 1.82) is 0 Å². The number of benzene rings is 1. The maximum absolute atomic E-state index is 12.1. The second-order valence-corrected chi connectivity index (χ2v) is 6.06. The molecule has 6 nitrogen and oxygen atoms in total. The Morgan fingerprint density at radius 1 is 1.15 bits per heavy atom. The molecule has 3 aromatic rings. The predicted molar refractivity (Wildman–Crippen MR) is 99.2 cm³/mol. The van der Waals surface area contributed by atoms with Crippen LogP contribution in [-0.2, 0) is 11.3 Å². The Balaban J connectivity index is 1.50. The van der Waals surface area contributed by atoms with Gasteiger partial charge in [-0.2, -0.15) is 5.10 Å². The molecule has 0 aliphatic rings. The molecule has 26 heavy (non-hydrogen) atoms. The van der Waals surface area contributed by atoms with E-state index in [1.54, 1.807) is 17.1 Å². The van der Waals surface area contributed by atoms with Gasteiger partial charge in [0.25, 0.3) is 0 Å². The van der Waals surface area contributed by atoms with Crippen LogP contribution in [0.15, 0.2) is 55.0 Å². The zero-order chi connectivity index (χ0) is 18.4. The topological polar surface area (TPSA) is 69.0 Å². The van der Waals surface area contributed by atoms with Crippen molar-refractivity contribution in [2.45, 2.75) is 26.8 Å². The normalized spacial score (nSPS) is 10.5. The van der Waals surface area contributed by atoms with Crippen LogP contribution in [-0.4, -0.2) is 27.3 Å². The Kier molecular flexibility index (Phi) is 5.63. The first-order valence-corrected chi connectivity index (χ1v) is 8.54. The lowest BCUT2D eigenvalue weighted by Crippen LogP contribution is -2.25. The molecule has 0 atom stereocenters. The third kappa shape index (κ3) is 4.47. The van der Waals surface area contributed by atoms with Crippen LogP contribution in [0.3, 0.4) is 0 Å². The molecule has 134 valence electrons. The number of rotatable bonds is 7. The lowest BCUT2D eigenvalue weighted by atomic mass is 10.1. The molecule has 0 saturated carbocycles. The maximum Gasteiger partial charge on any atom is 0.223 e. The number of hydrogen-bond donors (Lipinski definition) is 1. The molecule has 1 aromatic carbocycles. The fourth-order valence-electron chi connectivity index (χ4n) is 2.52. The molecule has 0 radical (unpaired) electrons. The third-order valence-corrected chi connectivity index (χ3v) is 4.14. The van der Waals surface area contributed by atoms with Crippen molar-refractivity contribution >= 4 is 5.91 Å². The maximum atomic E-state index is 12.1. The van der Waals surface area contributed by atoms with Gasteiger partial charge in [0.15, 0.2) is 5.82 Å². The van der Waals surface area contributed by atoms with E-state index in [0.717, 1.165) is 11.3 Å². The Hall–Kier alpha value is -3.15. The summed E-state index contributed by atoms with van der Waals surface area (Å²) >= 11 is 0. The highest BCUT2D eigenvalue weighted by molar-refractivity contribution is 5.76. The summed E-state index contributed by atoms with van der Waals surface area (Å²) in [5.41, 5.74) is 3.30. The van der Waals surface area contributed by atoms with Crippen LogP contribution in [0.2, 0.25) is 0 Å². The molecule has 0 aliphatic heterocycles. The van der Waals surface area contributed by atoms with E-state index in [1.165, 1.54) is 11.1 Å². The van der Waals surface area contributed by atoms with Crippen molar-refractivity contribution in [1.82, 2.24) is 20.1 Å². The number of carbonyl (C=O) groups is 1. The van der Waals surface area contributed by atoms with Crippen molar-refractivity contribution in [3.63, 3.8) is 0 Å². The fourth-order valence-corrected chi connectivity index (χ4v) is 2.52. The van der Waals surface area contributed by atoms with E-state index in [2.05, 4.69) is 22.3 Å². The number of nitrogens with one attached hydrogen (secondary N) is 1. The van der Waals surface area contributed by atoms with Gasteiger partial charge < -0.3 is 10.1 Å². The van der Waals surface area contributed by atoms with Gasteiger partial charge in [0, 0.05) is 30.7 Å². The monoisotopic (exact) mass is 350 g/mol. The van der Waals surface area contributed by atoms with Crippen molar-refractivity contribution in [3.05, 3.63) is 71.7 Å². The molecule has 2 aromatic heterocycles. The number of pyridine rings is 1. The van der Waals surface area contributed by atoms with E-state index < -0.39 is 0 Å². The molecule has 0 bridgehead atoms. The van der Waals surface area contributed by atoms with Gasteiger partial charge in [-0.05, 0) is 49.2 Å². The molecule has 0 saturated heterocycles. The number of carbonyl (C=O) groups excluding carboxylic acids is 1. The molecule has 6 heteroatoms. The summed E-state index contributed by atoms with van der Waals surface area (Å²) in [6, 6.07) is 11.5. The Morgan fingerprint density at radius 3 is 2.81 bits per heavy atom. The zero-order valence-electron chi connectivity index (χ0n) is 15.0. The average Bonchev–Trinajstić information content (AvgIpc) is 3.18. The molecule has 0 unspecified atom stereocenters. The summed E-state index contributed by atoms with van der Waals surface area (Å²) in [4.78, 5) is 16.4. The number of aryl methyl sites for hydroxylation is 2. The summed E-state index contributed by atoms with van der Waals surface area (Å²) in [5.74, 6) is 1.43. The van der Waals surface area contributed by atoms with Gasteiger partial charge in [-0.3, -0.25) is 4.79 Å². The lowest BCUT2D eigenvalue weighted by Gasteiger charge is -2.11. The van der Waals surface area contributed by atoms with Crippen LogP contribution in [0.5, 0.6) is 5.75 Å². The minimum Gasteiger partial charge on any atom is -0.493 e. The molecule has 1 amide bonds. The summed E-state index contributed by atoms with van der Waals surface area (Å²) in [7, 11) is 0. The van der Waals surface area contributed by atoms with Gasteiger partial charge in [-0.25, -0.2) is 9.67 Å². The summed E-state index contributed by atoms with van der Waals surface area (Å²) in [6.45, 7) is 4.83. The molecule has 2 heterocycles. The second kappa shape index (κ2) is 8.29. The van der Waals surface area contributed by atoms with Crippen molar-refractivity contribution in [3.8, 4) is 11.6 Å². The minimum atomic E-state index is -0.0656. The molecule has 0 spiro atoms. The average molecular weight is 350 g/mol. The molecule has 1 N–H and O–H groups in total. The van der Waals surface area contributed by atoms with Gasteiger partial charge in [0.1, 0.15) is 5.75 Å². The molecule has 0 fully saturated rings. The van der Waals surface area contributed by atoms with E-state index in [4.69, 9.17) is 4.74 Å². The number of hydrogen-bond acceptors (Lipinski definition) is 4. The highest BCUT2D eigenvalue weighted by atomic mass is 16.5. The SMILES string of the molecule is Cc1ccc(OCCC(=O)NCc2cccnc2-n2cccn2)cc1C. The van der Waals surface area contributed by atoms with E-state index in [0.29, 0.717) is 25.4 Å². The Bertz CT molecular complexity index is 875. The highest BCUT2D eigenvalue weighted by Crippen LogP contribution is 2.16. The van der Waals surface area contributed by atoms with Crippen LogP contribution in [0.4, 0.5) is 0 Å². The van der Waals surface area contributed by atoms with Gasteiger partial charge >= 0.3 is 0 Å². The van der Waals surface area contributed by atoms with Crippen molar-refractivity contribution < 1.29 is 9.53 Å². The van der Waals surface area contributed by atoms with Crippen LogP contribution < -0.4 is 10.1 Å². The van der Waals surface area contributed by atoms with E-state index in [9.17, 15) is 4.79 Å². The Labute approximate surface area is 152 Å². The first-order chi connectivity index (χ1) is 12.6. The standard InChI is InChI=1S/C20H22N4O2/c1-15-6-7-18(13-16(15)2)26-12-8-19(25)22-14-17-5-3-9-21-20(17)24-11-4-10-23-24/h3-7,9-11,13H,8,12,14H2,1-2H3,(H,22,25). The summed E-state index contributed by atoms with van der Waals surface area (Å²) in [6.07, 6.45) is 5.52. The smallest absolute Gasteiger partial charge is 0.223 e. The van der Waals surface area contributed by atoms with Crippen LogP contribution in [0, 0.1) is 13.8 Å². The Morgan fingerprint density at radius 2 is 2.04 bits per heavy atom. The van der Waals surface area contributed by atoms with Gasteiger partial charge in [0.2, 0.25) is 5.91 Å². The lowest BCUT2D eigenvalue weighted by molar-refractivity contribution is -0.121. The molecular formula is C20H22N4O2. The quantitative estimate of drug-likeness (QED) is 0.711. The molecule has 3 rings (SSSR count). The number of nitrogens with zero attached hydrogens (tertiary/aromatic N) is 3. The van der Waals surface area contributed by atoms with Crippen LogP contribution in [0.1, 0.15) is 23.1 Å². The minimum absolute atomic E-state index is 0.0656. The zero-order valence-corrected chi connectivity index (χ0v) is 15.0. The van der Waals surface area contributed by atoms with Crippen LogP contribution in [0.25, 0.3) is 5.82 Å². The predicted octanol–water partition coefficient (Wildman–Crippen LogP) is 2.97. The van der Waals surface area contributed by atoms with Gasteiger partial charge in [-0.1, -0.05) is 12.1 Å². The molecular weight excluding hydrogens is 328 g/mol. The van der Waals surface area contributed by atoms with E-state index >= 15 is 0 Å². The van der Waals surface area contributed by atoms with Gasteiger partial charge in [-0.15, -0.1) is 0 Å². The summed E-state index contributed by atoms with van der Waals surface area (Å²) < 4.78 is 7.34. The van der Waals surface area contributed by atoms with Gasteiger partial charge in [0.05, 0.1) is 13.0 Å². The first kappa shape index (κ1) is 17.7. The van der Waals surface area contributed by atoms with E-state index in [-0.39, 0.29) is 5.91 Å². The first-order valence-electron chi connectivity index (χ1n) is 8.54. The number of amides is 1. The van der Waals surface area contributed by atoms with Crippen molar-refractivity contribution in [2.75, 3.05) is 6.61 Å². The largest absolute Gasteiger partial charge is 0.493 e. The van der Waals surface area contributed by atoms with Crippen molar-refractivity contribution in [2.24, 2.45) is 0 Å². The third-order valence-electron chi connectivity index (χ3n) is 4.14. The highest BCUT2D eigenvalue weighted by Gasteiger charge is 2.08.